The first-order valence-electron chi connectivity index (χ1n) is 17.3. The van der Waals surface area contributed by atoms with Gasteiger partial charge in [0.15, 0.2) is 6.10 Å². The van der Waals surface area contributed by atoms with Crippen molar-refractivity contribution in [3.8, 4) is 0 Å². The van der Waals surface area contributed by atoms with E-state index in [1.165, 1.54) is 0 Å². The van der Waals surface area contributed by atoms with Crippen LogP contribution in [0.2, 0.25) is 5.02 Å². The number of aromatic nitrogens is 2. The number of carbonyl (C=O) groups is 3. The molecule has 4 aliphatic rings. The van der Waals surface area contributed by atoms with Gasteiger partial charge >= 0.3 is 12.1 Å². The highest BCUT2D eigenvalue weighted by Gasteiger charge is 2.36. The Morgan fingerprint density at radius 2 is 1.67 bits per heavy atom. The summed E-state index contributed by atoms with van der Waals surface area (Å²) in [5.74, 6) is -0.175. The molecule has 3 saturated heterocycles. The first kappa shape index (κ1) is 32.7. The van der Waals surface area contributed by atoms with E-state index in [4.69, 9.17) is 16.3 Å². The highest BCUT2D eigenvalue weighted by molar-refractivity contribution is 6.35. The average Bonchev–Trinajstić information content (AvgIpc) is 3.52. The van der Waals surface area contributed by atoms with Crippen molar-refractivity contribution in [3.05, 3.63) is 58.7 Å². The molecule has 0 unspecified atom stereocenters. The molecule has 0 spiro atoms. The smallest absolute Gasteiger partial charge is 0.410 e. The molecule has 0 radical (unpaired) electrons. The monoisotopic (exact) mass is 676 g/mol. The number of ether oxygens (including phenoxy) is 1. The average molecular weight is 677 g/mol. The zero-order valence-electron chi connectivity index (χ0n) is 27.6. The fourth-order valence-corrected chi connectivity index (χ4v) is 8.04. The van der Waals surface area contributed by atoms with Crippen LogP contribution in [0.1, 0.15) is 36.8 Å². The third-order valence-corrected chi connectivity index (χ3v) is 10.9. The van der Waals surface area contributed by atoms with Crippen LogP contribution in [-0.2, 0) is 22.4 Å². The van der Waals surface area contributed by atoms with Gasteiger partial charge < -0.3 is 29.7 Å². The van der Waals surface area contributed by atoms with E-state index in [-0.39, 0.29) is 24.4 Å². The summed E-state index contributed by atoms with van der Waals surface area (Å²) in [6.45, 7) is 6.56. The number of hydrogen-bond acceptors (Lipinski definition) is 7. The van der Waals surface area contributed by atoms with E-state index in [0.717, 1.165) is 73.2 Å². The fraction of sp³-hybridized carbons (Fsp3) is 0.543. The van der Waals surface area contributed by atoms with Gasteiger partial charge in [-0.15, -0.1) is 0 Å². The van der Waals surface area contributed by atoms with Crippen molar-refractivity contribution in [2.45, 2.75) is 56.7 Å². The molecular formula is C35H45ClN8O4. The Bertz CT molecular complexity index is 1630. The Balaban J connectivity index is 0.996. The van der Waals surface area contributed by atoms with Crippen LogP contribution in [0.15, 0.2) is 42.6 Å². The molecule has 0 aliphatic carbocycles. The predicted molar refractivity (Wildman–Crippen MR) is 184 cm³/mol. The number of hydrogen-bond donors (Lipinski definition) is 2. The molecule has 2 aromatic carbocycles. The lowest BCUT2D eigenvalue weighted by molar-refractivity contribution is -0.143. The number of piperazine rings is 1. The van der Waals surface area contributed by atoms with Gasteiger partial charge in [-0.3, -0.25) is 14.8 Å². The van der Waals surface area contributed by atoms with Gasteiger partial charge in [-0.25, -0.2) is 9.59 Å². The van der Waals surface area contributed by atoms with Crippen LogP contribution in [0.5, 0.6) is 0 Å². The van der Waals surface area contributed by atoms with E-state index in [1.54, 1.807) is 11.1 Å². The Morgan fingerprint density at radius 1 is 0.938 bits per heavy atom. The molecule has 0 saturated carbocycles. The number of nitrogens with one attached hydrogen (secondary N) is 2. The van der Waals surface area contributed by atoms with Gasteiger partial charge in [0, 0.05) is 75.4 Å². The summed E-state index contributed by atoms with van der Waals surface area (Å²) in [6.07, 6.45) is 4.78. The summed E-state index contributed by atoms with van der Waals surface area (Å²) >= 11 is 6.54. The van der Waals surface area contributed by atoms with E-state index in [9.17, 15) is 14.4 Å². The molecule has 5 heterocycles. The maximum Gasteiger partial charge on any atom is 0.410 e. The lowest BCUT2D eigenvalue weighted by Gasteiger charge is -2.42. The number of nitrogens with zero attached hydrogens (tertiary/aromatic N) is 6. The topological polar surface area (TPSA) is 117 Å². The predicted octanol–water partition coefficient (Wildman–Crippen LogP) is 4.06. The van der Waals surface area contributed by atoms with Gasteiger partial charge in [-0.1, -0.05) is 29.8 Å². The number of piperidine rings is 2. The quantitative estimate of drug-likeness (QED) is 0.405. The standard InChI is InChI=1S/C35H45ClN8O4/c1-40-11-7-27(8-12-40)41-16-18-42(19-17-41)33(45)31(22-24-20-26-23-37-39-32(26)29(36)21-24)48-35(47)43-13-9-28(10-14-43)44-15-6-25-4-2-3-5-30(25)38-34(44)46/h2-5,20-21,23,27-28,31H,6-19,22H2,1H3,(H,37,39)(H,38,46)/t31-/m1/s1. The summed E-state index contributed by atoms with van der Waals surface area (Å²) in [6, 6.07) is 12.1. The largest absolute Gasteiger partial charge is 0.436 e. The van der Waals surface area contributed by atoms with Crippen LogP contribution < -0.4 is 5.32 Å². The molecular weight excluding hydrogens is 632 g/mol. The molecule has 4 aliphatic heterocycles. The van der Waals surface area contributed by atoms with E-state index in [1.807, 2.05) is 46.2 Å². The number of rotatable bonds is 6. The maximum absolute atomic E-state index is 14.1. The van der Waals surface area contributed by atoms with Crippen molar-refractivity contribution in [1.29, 1.82) is 0 Å². The third kappa shape index (κ3) is 7.11. The van der Waals surface area contributed by atoms with Gasteiger partial charge in [-0.05, 0) is 81.6 Å². The summed E-state index contributed by atoms with van der Waals surface area (Å²) in [5, 5.41) is 11.4. The summed E-state index contributed by atoms with van der Waals surface area (Å²) in [7, 11) is 2.17. The Labute approximate surface area is 286 Å². The molecule has 2 N–H and O–H groups in total. The number of likely N-dealkylation sites (tertiary alicyclic amines) is 2. The van der Waals surface area contributed by atoms with Gasteiger partial charge in [0.25, 0.3) is 5.91 Å². The maximum atomic E-state index is 14.1. The number of para-hydroxylation sites is 1. The van der Waals surface area contributed by atoms with Gasteiger partial charge in [0.2, 0.25) is 0 Å². The van der Waals surface area contributed by atoms with Crippen LogP contribution in [0.25, 0.3) is 10.9 Å². The lowest BCUT2D eigenvalue weighted by Crippen LogP contribution is -2.56. The molecule has 3 aromatic rings. The van der Waals surface area contributed by atoms with Crippen molar-refractivity contribution < 1.29 is 19.1 Å². The number of amides is 4. The van der Waals surface area contributed by atoms with Crippen molar-refractivity contribution in [1.82, 2.24) is 34.7 Å². The highest BCUT2D eigenvalue weighted by atomic mass is 35.5. The third-order valence-electron chi connectivity index (χ3n) is 10.6. The van der Waals surface area contributed by atoms with Crippen molar-refractivity contribution in [2.75, 3.05) is 71.3 Å². The number of anilines is 1. The summed E-state index contributed by atoms with van der Waals surface area (Å²) < 4.78 is 6.08. The Kier molecular flexibility index (Phi) is 9.74. The zero-order valence-corrected chi connectivity index (χ0v) is 28.3. The first-order chi connectivity index (χ1) is 23.3. The van der Waals surface area contributed by atoms with E-state index in [0.29, 0.717) is 56.6 Å². The minimum Gasteiger partial charge on any atom is -0.436 e. The number of benzene rings is 2. The lowest BCUT2D eigenvalue weighted by atomic mass is 10.0. The highest BCUT2D eigenvalue weighted by Crippen LogP contribution is 2.27. The molecule has 3 fully saturated rings. The molecule has 1 atom stereocenters. The van der Waals surface area contributed by atoms with Crippen molar-refractivity contribution >= 4 is 46.2 Å². The van der Waals surface area contributed by atoms with Gasteiger partial charge in [-0.2, -0.15) is 5.10 Å². The van der Waals surface area contributed by atoms with E-state index >= 15 is 0 Å². The Morgan fingerprint density at radius 3 is 2.44 bits per heavy atom. The van der Waals surface area contributed by atoms with Crippen molar-refractivity contribution in [2.24, 2.45) is 0 Å². The van der Waals surface area contributed by atoms with Crippen LogP contribution in [0.3, 0.4) is 0 Å². The first-order valence-corrected chi connectivity index (χ1v) is 17.6. The molecule has 48 heavy (non-hydrogen) atoms. The summed E-state index contributed by atoms with van der Waals surface area (Å²) in [5.41, 5.74) is 3.52. The molecule has 4 amide bonds. The van der Waals surface area contributed by atoms with Crippen LogP contribution in [0, 0.1) is 0 Å². The van der Waals surface area contributed by atoms with Crippen LogP contribution >= 0.6 is 11.6 Å². The van der Waals surface area contributed by atoms with E-state index < -0.39 is 12.2 Å². The number of urea groups is 1. The normalized spacial score (nSPS) is 21.1. The second-order valence-corrected chi connectivity index (χ2v) is 14.0. The molecule has 1 aromatic heterocycles. The minimum atomic E-state index is -0.986. The fourth-order valence-electron chi connectivity index (χ4n) is 7.75. The number of H-pyrrole nitrogens is 1. The SMILES string of the molecule is CN1CCC(N2CCN(C(=O)[C@@H](Cc3cc(Cl)c4[nH]ncc4c3)OC(=O)N3CCC(N4CCc5ccccc5NC4=O)CC3)CC2)CC1. The number of halogens is 1. The number of fused-ring (bicyclic) bond motifs is 2. The molecule has 7 rings (SSSR count). The van der Waals surface area contributed by atoms with E-state index in [2.05, 4.69) is 32.4 Å². The van der Waals surface area contributed by atoms with Gasteiger partial charge in [0.1, 0.15) is 0 Å². The Hall–Kier alpha value is -3.87. The number of aromatic amines is 1. The second-order valence-electron chi connectivity index (χ2n) is 13.6. The molecule has 13 heteroatoms. The molecule has 256 valence electrons. The summed E-state index contributed by atoms with van der Waals surface area (Å²) in [4.78, 5) is 51.1. The van der Waals surface area contributed by atoms with Gasteiger partial charge in [0.05, 0.1) is 16.7 Å². The zero-order chi connectivity index (χ0) is 33.2. The van der Waals surface area contributed by atoms with Crippen molar-refractivity contribution in [3.63, 3.8) is 0 Å². The molecule has 0 bridgehead atoms. The van der Waals surface area contributed by atoms with Crippen LogP contribution in [-0.4, -0.2) is 137 Å². The molecule has 12 nitrogen and oxygen atoms in total. The minimum absolute atomic E-state index is 0.0190. The number of carbonyl (C=O) groups excluding carboxylic acids is 3. The van der Waals surface area contributed by atoms with Crippen LogP contribution in [0.4, 0.5) is 15.3 Å². The second kappa shape index (κ2) is 14.3.